The van der Waals surface area contributed by atoms with E-state index < -0.39 is 0 Å². The molecule has 2 heteroatoms. The molecule has 0 fully saturated rings. The molecular weight excluding hydrogens is 164 g/mol. The van der Waals surface area contributed by atoms with E-state index in [0.717, 1.165) is 19.1 Å². The summed E-state index contributed by atoms with van der Waals surface area (Å²) < 4.78 is 0. The molecule has 0 aromatic rings. The Hall–Kier alpha value is -0.630. The molecule has 0 saturated carbocycles. The zero-order valence-electron chi connectivity index (χ0n) is 8.62. The third-order valence-electron chi connectivity index (χ3n) is 2.04. The molecule has 1 atom stereocenters. The van der Waals surface area contributed by atoms with E-state index in [9.17, 15) is 9.90 Å². The van der Waals surface area contributed by atoms with E-state index in [1.807, 2.05) is 0 Å². The van der Waals surface area contributed by atoms with Crippen molar-refractivity contribution < 1.29 is 9.90 Å². The number of aldehydes is 1. The highest BCUT2D eigenvalue weighted by atomic mass is 16.3. The van der Waals surface area contributed by atoms with E-state index in [0.29, 0.717) is 12.0 Å². The van der Waals surface area contributed by atoms with Gasteiger partial charge in [0.2, 0.25) is 0 Å². The monoisotopic (exact) mass is 184 g/mol. The summed E-state index contributed by atoms with van der Waals surface area (Å²) in [4.78, 5) is 10.2. The van der Waals surface area contributed by atoms with Gasteiger partial charge >= 0.3 is 0 Å². The van der Waals surface area contributed by atoms with Crippen LogP contribution in [0.2, 0.25) is 0 Å². The smallest absolute Gasteiger partial charge is 0.145 e. The van der Waals surface area contributed by atoms with Gasteiger partial charge in [-0.15, -0.1) is 0 Å². The first kappa shape index (κ1) is 12.4. The summed E-state index contributed by atoms with van der Waals surface area (Å²) in [6.07, 6.45) is 7.21. The Bertz CT molecular complexity index is 161. The molecule has 0 amide bonds. The van der Waals surface area contributed by atoms with Crippen LogP contribution >= 0.6 is 0 Å². The molecule has 0 heterocycles. The molecule has 0 aliphatic carbocycles. The van der Waals surface area contributed by atoms with Crippen LogP contribution in [0.3, 0.4) is 0 Å². The van der Waals surface area contributed by atoms with E-state index in [1.54, 1.807) is 13.0 Å². The van der Waals surface area contributed by atoms with E-state index in [-0.39, 0.29) is 6.10 Å². The normalized spacial score (nSPS) is 14.2. The Labute approximate surface area is 80.7 Å². The minimum absolute atomic E-state index is 0.276. The quantitative estimate of drug-likeness (QED) is 0.375. The van der Waals surface area contributed by atoms with Crippen molar-refractivity contribution in [1.29, 1.82) is 0 Å². The fourth-order valence-electron chi connectivity index (χ4n) is 1.12. The SMILES string of the molecule is CCCCCC(O)CC=C(C)C=O. The third kappa shape index (κ3) is 7.72. The van der Waals surface area contributed by atoms with Crippen molar-refractivity contribution in [3.63, 3.8) is 0 Å². The minimum Gasteiger partial charge on any atom is -0.393 e. The van der Waals surface area contributed by atoms with Crippen LogP contribution in [0, 0.1) is 0 Å². The number of aliphatic hydroxyl groups is 1. The van der Waals surface area contributed by atoms with Crippen LogP contribution in [-0.4, -0.2) is 17.5 Å². The summed E-state index contributed by atoms with van der Waals surface area (Å²) in [6.45, 7) is 3.90. The lowest BCUT2D eigenvalue weighted by molar-refractivity contribution is -0.104. The Balaban J connectivity index is 3.50. The summed E-state index contributed by atoms with van der Waals surface area (Å²) in [5.41, 5.74) is 0.703. The molecule has 0 radical (unpaired) electrons. The van der Waals surface area contributed by atoms with Gasteiger partial charge in [0, 0.05) is 0 Å². The number of carbonyl (C=O) groups excluding carboxylic acids is 1. The zero-order valence-corrected chi connectivity index (χ0v) is 8.62. The Kier molecular flexibility index (Phi) is 7.60. The molecule has 0 spiro atoms. The standard InChI is InChI=1S/C11H20O2/c1-3-4-5-6-11(13)8-7-10(2)9-12/h7,9,11,13H,3-6,8H2,1-2H3. The van der Waals surface area contributed by atoms with Gasteiger partial charge < -0.3 is 5.11 Å². The number of hydrogen-bond acceptors (Lipinski definition) is 2. The molecule has 1 unspecified atom stereocenters. The first-order chi connectivity index (χ1) is 6.20. The van der Waals surface area contributed by atoms with Gasteiger partial charge in [-0.25, -0.2) is 0 Å². The number of hydrogen-bond donors (Lipinski definition) is 1. The molecule has 0 aromatic heterocycles. The number of aliphatic hydroxyl groups excluding tert-OH is 1. The maximum Gasteiger partial charge on any atom is 0.145 e. The van der Waals surface area contributed by atoms with Crippen LogP contribution in [-0.2, 0) is 4.79 Å². The number of unbranched alkanes of at least 4 members (excludes halogenated alkanes) is 2. The van der Waals surface area contributed by atoms with E-state index in [4.69, 9.17) is 0 Å². The Morgan fingerprint density at radius 1 is 1.46 bits per heavy atom. The average Bonchev–Trinajstić information content (AvgIpc) is 2.14. The molecule has 0 aliphatic heterocycles. The van der Waals surface area contributed by atoms with Crippen LogP contribution in [0.15, 0.2) is 11.6 Å². The van der Waals surface area contributed by atoms with Gasteiger partial charge in [-0.1, -0.05) is 32.3 Å². The molecule has 0 saturated heterocycles. The summed E-state index contributed by atoms with van der Waals surface area (Å²) in [5, 5.41) is 9.46. The lowest BCUT2D eigenvalue weighted by Gasteiger charge is -2.06. The van der Waals surface area contributed by atoms with E-state index in [2.05, 4.69) is 6.92 Å². The highest BCUT2D eigenvalue weighted by molar-refractivity contribution is 5.71. The van der Waals surface area contributed by atoms with Crippen molar-refractivity contribution in [2.75, 3.05) is 0 Å². The number of carbonyl (C=O) groups is 1. The van der Waals surface area contributed by atoms with Crippen molar-refractivity contribution >= 4 is 6.29 Å². The molecule has 13 heavy (non-hydrogen) atoms. The van der Waals surface area contributed by atoms with Crippen molar-refractivity contribution in [1.82, 2.24) is 0 Å². The van der Waals surface area contributed by atoms with Crippen molar-refractivity contribution in [2.45, 2.75) is 52.1 Å². The fraction of sp³-hybridized carbons (Fsp3) is 0.727. The van der Waals surface area contributed by atoms with Crippen LogP contribution in [0.5, 0.6) is 0 Å². The minimum atomic E-state index is -0.276. The molecule has 1 N–H and O–H groups in total. The second kappa shape index (κ2) is 7.99. The molecule has 76 valence electrons. The topological polar surface area (TPSA) is 37.3 Å². The van der Waals surface area contributed by atoms with E-state index >= 15 is 0 Å². The average molecular weight is 184 g/mol. The summed E-state index contributed by atoms with van der Waals surface area (Å²) in [6, 6.07) is 0. The van der Waals surface area contributed by atoms with Gasteiger partial charge in [0.15, 0.2) is 0 Å². The summed E-state index contributed by atoms with van der Waals surface area (Å²) >= 11 is 0. The Morgan fingerprint density at radius 2 is 2.15 bits per heavy atom. The largest absolute Gasteiger partial charge is 0.393 e. The maximum atomic E-state index is 10.2. The van der Waals surface area contributed by atoms with Crippen LogP contribution in [0.25, 0.3) is 0 Å². The molecular formula is C11H20O2. The van der Waals surface area contributed by atoms with E-state index in [1.165, 1.54) is 12.8 Å². The molecule has 0 bridgehead atoms. The second-order valence-corrected chi connectivity index (χ2v) is 3.45. The van der Waals surface area contributed by atoms with Gasteiger partial charge in [-0.3, -0.25) is 4.79 Å². The third-order valence-corrected chi connectivity index (χ3v) is 2.04. The van der Waals surface area contributed by atoms with Gasteiger partial charge in [0.1, 0.15) is 6.29 Å². The number of rotatable bonds is 7. The van der Waals surface area contributed by atoms with Crippen LogP contribution in [0.1, 0.15) is 46.0 Å². The van der Waals surface area contributed by atoms with Crippen LogP contribution < -0.4 is 0 Å². The molecule has 0 aromatic carbocycles. The lowest BCUT2D eigenvalue weighted by atomic mass is 10.1. The van der Waals surface area contributed by atoms with Gasteiger partial charge in [-0.2, -0.15) is 0 Å². The molecule has 0 aliphatic rings. The van der Waals surface area contributed by atoms with Gasteiger partial charge in [0.25, 0.3) is 0 Å². The Morgan fingerprint density at radius 3 is 2.69 bits per heavy atom. The van der Waals surface area contributed by atoms with Crippen molar-refractivity contribution in [2.24, 2.45) is 0 Å². The first-order valence-electron chi connectivity index (χ1n) is 5.00. The highest BCUT2D eigenvalue weighted by Crippen LogP contribution is 2.07. The zero-order chi connectivity index (χ0) is 10.1. The van der Waals surface area contributed by atoms with Crippen LogP contribution in [0.4, 0.5) is 0 Å². The van der Waals surface area contributed by atoms with Gasteiger partial charge in [-0.05, 0) is 25.3 Å². The predicted molar refractivity (Wildman–Crippen MR) is 54.6 cm³/mol. The predicted octanol–water partition coefficient (Wildman–Crippen LogP) is 2.46. The second-order valence-electron chi connectivity index (χ2n) is 3.45. The summed E-state index contributed by atoms with van der Waals surface area (Å²) in [7, 11) is 0. The fourth-order valence-corrected chi connectivity index (χ4v) is 1.12. The molecule has 2 nitrogen and oxygen atoms in total. The van der Waals surface area contributed by atoms with Crippen molar-refractivity contribution in [3.8, 4) is 0 Å². The highest BCUT2D eigenvalue weighted by Gasteiger charge is 2.00. The van der Waals surface area contributed by atoms with Crippen molar-refractivity contribution in [3.05, 3.63) is 11.6 Å². The van der Waals surface area contributed by atoms with Gasteiger partial charge in [0.05, 0.1) is 6.10 Å². The maximum absolute atomic E-state index is 10.2. The number of allylic oxidation sites excluding steroid dienone is 1. The molecule has 0 rings (SSSR count). The first-order valence-corrected chi connectivity index (χ1v) is 5.00. The summed E-state index contributed by atoms with van der Waals surface area (Å²) in [5.74, 6) is 0. The lowest BCUT2D eigenvalue weighted by Crippen LogP contribution is -2.04.